The van der Waals surface area contributed by atoms with Crippen LogP contribution in [0.5, 0.6) is 5.75 Å². The average Bonchev–Trinajstić information content (AvgIpc) is 3.36. The lowest BCUT2D eigenvalue weighted by Gasteiger charge is -2.19. The van der Waals surface area contributed by atoms with Crippen LogP contribution in [0.1, 0.15) is 68.3 Å². The number of ether oxygens (including phenoxy) is 1. The Morgan fingerprint density at radius 2 is 1.82 bits per heavy atom. The third-order valence-corrected chi connectivity index (χ3v) is 5.81. The second-order valence-electron chi connectivity index (χ2n) is 7.95. The Bertz CT molecular complexity index is 1200. The van der Waals surface area contributed by atoms with Crippen molar-refractivity contribution < 1.29 is 19.1 Å². The average molecular weight is 447 g/mol. The maximum atomic E-state index is 13.2. The Balaban J connectivity index is 1.62. The molecular weight excluding hydrogens is 420 g/mol. The third kappa shape index (κ3) is 4.24. The molecule has 8 heteroatoms. The first-order chi connectivity index (χ1) is 15.9. The number of fused-ring (bicyclic) bond motifs is 1. The largest absolute Gasteiger partial charge is 0.497 e. The highest BCUT2D eigenvalue weighted by molar-refractivity contribution is 6.22. The Labute approximate surface area is 192 Å². The molecule has 8 nitrogen and oxygen atoms in total. The van der Waals surface area contributed by atoms with Crippen LogP contribution in [-0.4, -0.2) is 45.8 Å². The van der Waals surface area contributed by atoms with Crippen LogP contribution in [0.25, 0.3) is 0 Å². The molecule has 0 bridgehead atoms. The molecule has 0 aliphatic carbocycles. The van der Waals surface area contributed by atoms with E-state index < -0.39 is 6.04 Å². The van der Waals surface area contributed by atoms with Gasteiger partial charge in [-0.05, 0) is 42.3 Å². The van der Waals surface area contributed by atoms with Crippen molar-refractivity contribution in [2.24, 2.45) is 7.05 Å². The highest BCUT2D eigenvalue weighted by Crippen LogP contribution is 2.26. The second-order valence-corrected chi connectivity index (χ2v) is 7.95. The van der Waals surface area contributed by atoms with Crippen molar-refractivity contribution in [3.63, 3.8) is 0 Å². The number of nitrogens with zero attached hydrogens (tertiary/aromatic N) is 3. The maximum absolute atomic E-state index is 13.2. The van der Waals surface area contributed by atoms with Crippen LogP contribution in [0.15, 0.2) is 54.9 Å². The van der Waals surface area contributed by atoms with E-state index in [-0.39, 0.29) is 23.3 Å². The van der Waals surface area contributed by atoms with Gasteiger partial charge in [0.2, 0.25) is 0 Å². The summed E-state index contributed by atoms with van der Waals surface area (Å²) in [6, 6.07) is 11.5. The first-order valence-electron chi connectivity index (χ1n) is 10.9. The number of carbonyl (C=O) groups excluding carboxylic acids is 3. The number of hydrogen-bond acceptors (Lipinski definition) is 5. The standard InChI is InChI=1S/C25H26N4O4/c1-4-5-13-29-24(31)19-11-8-17(15-20(19)25(29)32)23(30)27-21(22-26-12-14-28(22)2)16-6-9-18(33-3)10-7-16/h6-12,14-15,21H,4-5,13H2,1-3H3,(H,27,30). The molecule has 33 heavy (non-hydrogen) atoms. The van der Waals surface area contributed by atoms with Crippen LogP contribution in [0.4, 0.5) is 0 Å². The van der Waals surface area contributed by atoms with Crippen molar-refractivity contribution >= 4 is 17.7 Å². The number of rotatable bonds is 8. The number of imidazole rings is 1. The predicted molar refractivity (Wildman–Crippen MR) is 122 cm³/mol. The van der Waals surface area contributed by atoms with Gasteiger partial charge in [-0.25, -0.2) is 4.98 Å². The third-order valence-electron chi connectivity index (χ3n) is 5.81. The van der Waals surface area contributed by atoms with Crippen LogP contribution in [0.3, 0.4) is 0 Å². The van der Waals surface area contributed by atoms with Crippen molar-refractivity contribution in [2.75, 3.05) is 13.7 Å². The smallest absolute Gasteiger partial charge is 0.261 e. The molecule has 4 rings (SSSR count). The number of amides is 3. The summed E-state index contributed by atoms with van der Waals surface area (Å²) in [7, 11) is 3.45. The predicted octanol–water partition coefficient (Wildman–Crippen LogP) is 3.34. The lowest BCUT2D eigenvalue weighted by atomic mass is 10.0. The van der Waals surface area contributed by atoms with Gasteiger partial charge in [0.15, 0.2) is 0 Å². The van der Waals surface area contributed by atoms with Crippen molar-refractivity contribution in [2.45, 2.75) is 25.8 Å². The van der Waals surface area contributed by atoms with Gasteiger partial charge in [-0.2, -0.15) is 0 Å². The number of unbranched alkanes of at least 4 members (excludes halogenated alkanes) is 1. The summed E-state index contributed by atoms with van der Waals surface area (Å²) < 4.78 is 7.08. The van der Waals surface area contributed by atoms with E-state index in [1.165, 1.54) is 11.0 Å². The van der Waals surface area contributed by atoms with Crippen molar-refractivity contribution in [3.05, 3.63) is 82.9 Å². The molecule has 2 aromatic carbocycles. The Morgan fingerprint density at radius 1 is 1.09 bits per heavy atom. The minimum atomic E-state index is -0.518. The van der Waals surface area contributed by atoms with E-state index in [1.54, 1.807) is 25.4 Å². The normalized spacial score (nSPS) is 13.7. The van der Waals surface area contributed by atoms with Gasteiger partial charge >= 0.3 is 0 Å². The number of imide groups is 1. The fourth-order valence-electron chi connectivity index (χ4n) is 3.91. The molecule has 2 heterocycles. The lowest BCUT2D eigenvalue weighted by Crippen LogP contribution is -2.31. The van der Waals surface area contributed by atoms with E-state index in [0.29, 0.717) is 29.2 Å². The number of methoxy groups -OCH3 is 1. The summed E-state index contributed by atoms with van der Waals surface area (Å²) in [4.78, 5) is 44.2. The van der Waals surface area contributed by atoms with Gasteiger partial charge in [-0.15, -0.1) is 0 Å². The Kier molecular flexibility index (Phi) is 6.26. The van der Waals surface area contributed by atoms with Crippen molar-refractivity contribution in [1.82, 2.24) is 19.8 Å². The molecular formula is C25H26N4O4. The maximum Gasteiger partial charge on any atom is 0.261 e. The molecule has 1 aromatic heterocycles. The highest BCUT2D eigenvalue weighted by atomic mass is 16.5. The molecule has 170 valence electrons. The molecule has 3 aromatic rings. The zero-order valence-corrected chi connectivity index (χ0v) is 18.9. The first kappa shape index (κ1) is 22.3. The number of hydrogen-bond donors (Lipinski definition) is 1. The lowest BCUT2D eigenvalue weighted by molar-refractivity contribution is 0.0652. The zero-order chi connectivity index (χ0) is 23.5. The SMILES string of the molecule is CCCCN1C(=O)c2ccc(C(=O)NC(c3ccc(OC)cc3)c3nccn3C)cc2C1=O. The molecule has 1 unspecified atom stereocenters. The van der Waals surface area contributed by atoms with Crippen LogP contribution in [-0.2, 0) is 7.05 Å². The van der Waals surface area contributed by atoms with Gasteiger partial charge in [0.05, 0.1) is 18.2 Å². The van der Waals surface area contributed by atoms with E-state index >= 15 is 0 Å². The van der Waals surface area contributed by atoms with Gasteiger partial charge in [-0.3, -0.25) is 19.3 Å². The molecule has 0 saturated heterocycles. The molecule has 1 aliphatic heterocycles. The van der Waals surface area contributed by atoms with E-state index in [0.717, 1.165) is 18.4 Å². The van der Waals surface area contributed by atoms with Crippen molar-refractivity contribution in [1.29, 1.82) is 0 Å². The van der Waals surface area contributed by atoms with Crippen molar-refractivity contribution in [3.8, 4) is 5.75 Å². The van der Waals surface area contributed by atoms with Crippen LogP contribution < -0.4 is 10.1 Å². The zero-order valence-electron chi connectivity index (χ0n) is 18.9. The first-order valence-corrected chi connectivity index (χ1v) is 10.9. The number of nitrogens with one attached hydrogen (secondary N) is 1. The molecule has 0 saturated carbocycles. The van der Waals surface area contributed by atoms with E-state index in [1.807, 2.05) is 49.0 Å². The minimum absolute atomic E-state index is 0.266. The fraction of sp³-hybridized carbons (Fsp3) is 0.280. The molecule has 0 fully saturated rings. The molecule has 1 aliphatic rings. The summed E-state index contributed by atoms with van der Waals surface area (Å²) in [5.74, 6) is 0.340. The quantitative estimate of drug-likeness (QED) is 0.536. The second kappa shape index (κ2) is 9.28. The summed E-state index contributed by atoms with van der Waals surface area (Å²) in [6.07, 6.45) is 5.10. The monoisotopic (exact) mass is 446 g/mol. The van der Waals surface area contributed by atoms with Gasteiger partial charge in [0.25, 0.3) is 17.7 Å². The van der Waals surface area contributed by atoms with Crippen LogP contribution in [0.2, 0.25) is 0 Å². The molecule has 3 amide bonds. The number of aromatic nitrogens is 2. The van der Waals surface area contributed by atoms with Gasteiger partial charge < -0.3 is 14.6 Å². The number of aryl methyl sites for hydroxylation is 1. The van der Waals surface area contributed by atoms with E-state index in [4.69, 9.17) is 4.74 Å². The summed E-state index contributed by atoms with van der Waals surface area (Å²) in [5.41, 5.74) is 1.74. The van der Waals surface area contributed by atoms with E-state index in [9.17, 15) is 14.4 Å². The van der Waals surface area contributed by atoms with Gasteiger partial charge in [0.1, 0.15) is 17.6 Å². The number of carbonyl (C=O) groups is 3. The molecule has 1 atom stereocenters. The minimum Gasteiger partial charge on any atom is -0.497 e. The summed E-state index contributed by atoms with van der Waals surface area (Å²) >= 11 is 0. The topological polar surface area (TPSA) is 93.5 Å². The summed E-state index contributed by atoms with van der Waals surface area (Å²) in [6.45, 7) is 2.38. The Hall–Kier alpha value is -3.94. The fourth-order valence-corrected chi connectivity index (χ4v) is 3.91. The van der Waals surface area contributed by atoms with E-state index in [2.05, 4.69) is 10.3 Å². The molecule has 0 spiro atoms. The van der Waals surface area contributed by atoms with Crippen LogP contribution >= 0.6 is 0 Å². The van der Waals surface area contributed by atoms with Gasteiger partial charge in [0, 0.05) is 31.5 Å². The van der Waals surface area contributed by atoms with Gasteiger partial charge in [-0.1, -0.05) is 25.5 Å². The molecule has 0 radical (unpaired) electrons. The van der Waals surface area contributed by atoms with Crippen LogP contribution in [0, 0.1) is 0 Å². The number of benzene rings is 2. The highest BCUT2D eigenvalue weighted by Gasteiger charge is 2.35. The molecule has 1 N–H and O–H groups in total. The Morgan fingerprint density at radius 3 is 2.45 bits per heavy atom. The summed E-state index contributed by atoms with van der Waals surface area (Å²) in [5, 5.41) is 3.02.